The molecule has 3 rings (SSSR count). The largest absolute Gasteiger partial charge is 0.395 e. The van der Waals surface area contributed by atoms with Gasteiger partial charge in [0.05, 0.1) is 22.2 Å². The summed E-state index contributed by atoms with van der Waals surface area (Å²) in [4.78, 5) is 16.7. The lowest BCUT2D eigenvalue weighted by atomic mass is 9.86. The van der Waals surface area contributed by atoms with Gasteiger partial charge in [-0.2, -0.15) is 0 Å². The van der Waals surface area contributed by atoms with Crippen molar-refractivity contribution in [3.8, 4) is 0 Å². The van der Waals surface area contributed by atoms with Crippen molar-refractivity contribution in [2.24, 2.45) is 0 Å². The van der Waals surface area contributed by atoms with Gasteiger partial charge in [-0.05, 0) is 35.9 Å². The molecule has 162 valence electrons. The van der Waals surface area contributed by atoms with E-state index in [0.29, 0.717) is 0 Å². The highest BCUT2D eigenvalue weighted by Crippen LogP contribution is 2.27. The molecule has 0 saturated heterocycles. The first-order valence-electron chi connectivity index (χ1n) is 9.23. The van der Waals surface area contributed by atoms with Crippen molar-refractivity contribution in [2.75, 3.05) is 11.3 Å². The molecule has 31 heavy (non-hydrogen) atoms. The molecule has 0 amide bonds. The number of nitrogens with zero attached hydrogens (tertiary/aromatic N) is 1. The molecule has 3 aromatic rings. The van der Waals surface area contributed by atoms with Crippen LogP contribution in [0, 0.1) is 5.82 Å². The van der Waals surface area contributed by atoms with Crippen LogP contribution in [-0.4, -0.2) is 30.9 Å². The van der Waals surface area contributed by atoms with Crippen LogP contribution in [0.5, 0.6) is 0 Å². The molecule has 0 saturated carbocycles. The third-order valence-corrected chi connectivity index (χ3v) is 6.33. The van der Waals surface area contributed by atoms with Crippen molar-refractivity contribution in [1.82, 2.24) is 4.98 Å². The molecule has 2 aromatic carbocycles. The number of aliphatic hydroxyl groups excluding tert-OH is 1. The summed E-state index contributed by atoms with van der Waals surface area (Å²) in [5.41, 5.74) is -0.0822. The van der Waals surface area contributed by atoms with Gasteiger partial charge in [0, 0.05) is 17.2 Å². The van der Waals surface area contributed by atoms with Crippen molar-refractivity contribution in [3.05, 3.63) is 88.5 Å². The van der Waals surface area contributed by atoms with Crippen LogP contribution in [0.4, 0.5) is 10.1 Å². The minimum absolute atomic E-state index is 0.0193. The quantitative estimate of drug-likeness (QED) is 0.513. The van der Waals surface area contributed by atoms with Crippen molar-refractivity contribution >= 4 is 33.1 Å². The second-order valence-electron chi connectivity index (χ2n) is 7.56. The maximum Gasteiger partial charge on any atom is 0.261 e. The molecule has 1 aromatic heterocycles. The number of carbonyl (C=O) groups is 1. The van der Waals surface area contributed by atoms with Gasteiger partial charge in [0.15, 0.2) is 0 Å². The fraction of sp³-hybridized carbons (Fsp3) is 0.182. The smallest absolute Gasteiger partial charge is 0.261 e. The summed E-state index contributed by atoms with van der Waals surface area (Å²) in [7, 11) is -4.08. The standard InChI is InChI=1S/C22H20ClFN2O4S/c1-22(2,13-27)15-6-8-18(9-7-15)31(29,30)26-19-11-16(23)12-25-20(19)21(28)14-4-3-5-17(24)10-14/h3-12,26-27H,13H2,1-2H3. The van der Waals surface area contributed by atoms with Crippen LogP contribution in [0.25, 0.3) is 0 Å². The number of nitrogens with one attached hydrogen (secondary N) is 1. The fourth-order valence-corrected chi connectivity index (χ4v) is 4.06. The van der Waals surface area contributed by atoms with E-state index in [9.17, 15) is 22.7 Å². The molecule has 0 aliphatic heterocycles. The molecule has 0 aliphatic carbocycles. The average molecular weight is 463 g/mol. The van der Waals surface area contributed by atoms with Crippen molar-refractivity contribution < 1.29 is 22.7 Å². The summed E-state index contributed by atoms with van der Waals surface area (Å²) in [6.45, 7) is 3.56. The highest BCUT2D eigenvalue weighted by Gasteiger charge is 2.24. The van der Waals surface area contributed by atoms with Crippen LogP contribution < -0.4 is 4.72 Å². The van der Waals surface area contributed by atoms with Gasteiger partial charge in [0.1, 0.15) is 11.5 Å². The van der Waals surface area contributed by atoms with Crippen molar-refractivity contribution in [1.29, 1.82) is 0 Å². The number of benzene rings is 2. The number of sulfonamides is 1. The van der Waals surface area contributed by atoms with E-state index in [1.54, 1.807) is 12.1 Å². The second kappa shape index (κ2) is 8.74. The predicted octanol–water partition coefficient (Wildman–Crippen LogP) is 4.18. The zero-order valence-corrected chi connectivity index (χ0v) is 18.3. The second-order valence-corrected chi connectivity index (χ2v) is 9.68. The molecule has 0 atom stereocenters. The zero-order chi connectivity index (χ0) is 22.8. The van der Waals surface area contributed by atoms with Gasteiger partial charge >= 0.3 is 0 Å². The molecule has 0 fully saturated rings. The number of aromatic nitrogens is 1. The van der Waals surface area contributed by atoms with E-state index in [-0.39, 0.29) is 33.5 Å². The molecule has 6 nitrogen and oxygen atoms in total. The van der Waals surface area contributed by atoms with Gasteiger partial charge in [-0.3, -0.25) is 9.52 Å². The maximum atomic E-state index is 13.5. The molecule has 2 N–H and O–H groups in total. The molecule has 9 heteroatoms. The molecule has 1 heterocycles. The van der Waals surface area contributed by atoms with Crippen molar-refractivity contribution in [3.63, 3.8) is 0 Å². The zero-order valence-electron chi connectivity index (χ0n) is 16.8. The minimum Gasteiger partial charge on any atom is -0.395 e. The predicted molar refractivity (Wildman–Crippen MR) is 116 cm³/mol. The van der Waals surface area contributed by atoms with Crippen LogP contribution in [0.15, 0.2) is 65.7 Å². The highest BCUT2D eigenvalue weighted by atomic mass is 35.5. The summed E-state index contributed by atoms with van der Waals surface area (Å²) in [6.07, 6.45) is 1.21. The van der Waals surface area contributed by atoms with Gasteiger partial charge in [0.2, 0.25) is 5.78 Å². The number of hydrogen-bond acceptors (Lipinski definition) is 5. The summed E-state index contributed by atoms with van der Waals surface area (Å²) in [6, 6.07) is 12.3. The lowest BCUT2D eigenvalue weighted by molar-refractivity contribution is 0.103. The normalized spacial score (nSPS) is 11.9. The SMILES string of the molecule is CC(C)(CO)c1ccc(S(=O)(=O)Nc2cc(Cl)cnc2C(=O)c2cccc(F)c2)cc1. The summed E-state index contributed by atoms with van der Waals surface area (Å²) >= 11 is 5.96. The summed E-state index contributed by atoms with van der Waals surface area (Å²) in [5, 5.41) is 9.60. The monoisotopic (exact) mass is 462 g/mol. The average Bonchev–Trinajstić information content (AvgIpc) is 2.73. The first kappa shape index (κ1) is 22.9. The van der Waals surface area contributed by atoms with Crippen LogP contribution in [0.3, 0.4) is 0 Å². The Hall–Kier alpha value is -2.81. The fourth-order valence-electron chi connectivity index (χ4n) is 2.84. The van der Waals surface area contributed by atoms with E-state index in [2.05, 4.69) is 9.71 Å². The number of anilines is 1. The van der Waals surface area contributed by atoms with E-state index >= 15 is 0 Å². The van der Waals surface area contributed by atoms with E-state index in [1.165, 1.54) is 42.6 Å². The van der Waals surface area contributed by atoms with Gasteiger partial charge in [-0.25, -0.2) is 17.8 Å². The molecule has 0 radical (unpaired) electrons. The number of pyridine rings is 1. The third kappa shape index (κ3) is 5.10. The van der Waals surface area contributed by atoms with Crippen LogP contribution >= 0.6 is 11.6 Å². The van der Waals surface area contributed by atoms with Crippen LogP contribution in [0.1, 0.15) is 35.5 Å². The van der Waals surface area contributed by atoms with Gasteiger partial charge < -0.3 is 5.11 Å². The highest BCUT2D eigenvalue weighted by molar-refractivity contribution is 7.92. The minimum atomic E-state index is -4.08. The lowest BCUT2D eigenvalue weighted by Gasteiger charge is -2.22. The number of carbonyl (C=O) groups excluding carboxylic acids is 1. The Kier molecular flexibility index (Phi) is 6.45. The van der Waals surface area contributed by atoms with Gasteiger partial charge in [-0.15, -0.1) is 0 Å². The Balaban J connectivity index is 1.96. The molecule has 0 aliphatic rings. The van der Waals surface area contributed by atoms with Gasteiger partial charge in [0.25, 0.3) is 10.0 Å². The lowest BCUT2D eigenvalue weighted by Crippen LogP contribution is -2.22. The number of aliphatic hydroxyl groups is 1. The summed E-state index contributed by atoms with van der Waals surface area (Å²) in [5.74, 6) is -1.26. The number of halogens is 2. The van der Waals surface area contributed by atoms with Crippen LogP contribution in [0.2, 0.25) is 5.02 Å². The maximum absolute atomic E-state index is 13.5. The Morgan fingerprint density at radius 3 is 2.45 bits per heavy atom. The first-order valence-corrected chi connectivity index (χ1v) is 11.1. The van der Waals surface area contributed by atoms with Crippen molar-refractivity contribution in [2.45, 2.75) is 24.2 Å². The Morgan fingerprint density at radius 2 is 1.84 bits per heavy atom. The van der Waals surface area contributed by atoms with E-state index in [4.69, 9.17) is 11.6 Å². The molecule has 0 spiro atoms. The molecular weight excluding hydrogens is 443 g/mol. The third-order valence-electron chi connectivity index (χ3n) is 4.74. The molecule has 0 unspecified atom stereocenters. The number of hydrogen-bond donors (Lipinski definition) is 2. The molecular formula is C22H20ClFN2O4S. The Morgan fingerprint density at radius 1 is 1.16 bits per heavy atom. The summed E-state index contributed by atoms with van der Waals surface area (Å²) < 4.78 is 41.7. The van der Waals surface area contributed by atoms with E-state index < -0.39 is 27.0 Å². The number of ketones is 1. The molecule has 0 bridgehead atoms. The Bertz CT molecular complexity index is 1230. The number of rotatable bonds is 7. The van der Waals surface area contributed by atoms with E-state index in [0.717, 1.165) is 11.6 Å². The first-order chi connectivity index (χ1) is 14.5. The van der Waals surface area contributed by atoms with E-state index in [1.807, 2.05) is 13.8 Å². The topological polar surface area (TPSA) is 96.4 Å². The van der Waals surface area contributed by atoms with Gasteiger partial charge in [-0.1, -0.05) is 49.7 Å². The van der Waals surface area contributed by atoms with Crippen LogP contribution in [-0.2, 0) is 15.4 Å². The Labute approximate surface area is 184 Å².